The van der Waals surface area contributed by atoms with Gasteiger partial charge in [-0.3, -0.25) is 10.1 Å². The molecule has 0 spiro atoms. The van der Waals surface area contributed by atoms with Crippen LogP contribution in [0.5, 0.6) is 0 Å². The highest BCUT2D eigenvalue weighted by Gasteiger charge is 2.22. The average Bonchev–Trinajstić information content (AvgIpc) is 2.47. The highest BCUT2D eigenvalue weighted by atomic mass is 16.6. The molecule has 0 aliphatic carbocycles. The van der Waals surface area contributed by atoms with E-state index in [1.54, 1.807) is 6.07 Å². The minimum Gasteiger partial charge on any atom is -0.378 e. The summed E-state index contributed by atoms with van der Waals surface area (Å²) in [6.07, 6.45) is 2.10. The first-order valence-electron chi connectivity index (χ1n) is 6.70. The zero-order chi connectivity index (χ0) is 14.5. The standard InChI is InChI=1S/C14H17N3O3/c1-2-20-13-5-7-16(8-6-13)14-4-3-12(17(18)19)9-11(14)10-15/h3-4,9,13H,2,5-8H2,1H3. The minimum absolute atomic E-state index is 0.0468. The fourth-order valence-corrected chi connectivity index (χ4v) is 2.50. The normalized spacial score (nSPS) is 15.9. The summed E-state index contributed by atoms with van der Waals surface area (Å²) in [7, 11) is 0. The number of anilines is 1. The van der Waals surface area contributed by atoms with Crippen molar-refractivity contribution in [3.63, 3.8) is 0 Å². The molecule has 6 nitrogen and oxygen atoms in total. The van der Waals surface area contributed by atoms with Crippen LogP contribution < -0.4 is 4.90 Å². The van der Waals surface area contributed by atoms with Gasteiger partial charge in [0.15, 0.2) is 0 Å². The third kappa shape index (κ3) is 3.06. The van der Waals surface area contributed by atoms with Crippen molar-refractivity contribution in [2.24, 2.45) is 0 Å². The van der Waals surface area contributed by atoms with Gasteiger partial charge < -0.3 is 9.64 Å². The predicted octanol–water partition coefficient (Wildman–Crippen LogP) is 2.47. The molecule has 0 saturated carbocycles. The summed E-state index contributed by atoms with van der Waals surface area (Å²) in [4.78, 5) is 12.4. The zero-order valence-corrected chi connectivity index (χ0v) is 11.4. The molecule has 0 radical (unpaired) electrons. The van der Waals surface area contributed by atoms with E-state index in [4.69, 9.17) is 10.00 Å². The van der Waals surface area contributed by atoms with Crippen LogP contribution in [0.4, 0.5) is 11.4 Å². The second-order valence-corrected chi connectivity index (χ2v) is 4.71. The topological polar surface area (TPSA) is 79.4 Å². The SMILES string of the molecule is CCOC1CCN(c2ccc([N+](=O)[O-])cc2C#N)CC1. The molecule has 1 heterocycles. The molecule has 0 atom stereocenters. The van der Waals surface area contributed by atoms with Crippen molar-refractivity contribution in [1.29, 1.82) is 5.26 Å². The van der Waals surface area contributed by atoms with Gasteiger partial charge in [0.25, 0.3) is 5.69 Å². The maximum atomic E-state index is 10.7. The van der Waals surface area contributed by atoms with E-state index in [0.29, 0.717) is 12.2 Å². The molecule has 1 fully saturated rings. The van der Waals surface area contributed by atoms with Gasteiger partial charge in [-0.05, 0) is 25.8 Å². The number of nitro groups is 1. The number of benzene rings is 1. The Labute approximate surface area is 117 Å². The van der Waals surface area contributed by atoms with E-state index in [2.05, 4.69) is 4.90 Å². The molecular formula is C14H17N3O3. The monoisotopic (exact) mass is 275 g/mol. The molecule has 0 amide bonds. The summed E-state index contributed by atoms with van der Waals surface area (Å²) in [5, 5.41) is 19.9. The van der Waals surface area contributed by atoms with Crippen LogP contribution in [-0.2, 0) is 4.74 Å². The Morgan fingerprint density at radius 1 is 1.50 bits per heavy atom. The van der Waals surface area contributed by atoms with Gasteiger partial charge in [0.1, 0.15) is 6.07 Å². The Morgan fingerprint density at radius 3 is 2.75 bits per heavy atom. The number of nitro benzene ring substituents is 1. The number of rotatable bonds is 4. The first kappa shape index (κ1) is 14.3. The summed E-state index contributed by atoms with van der Waals surface area (Å²) in [6.45, 7) is 4.30. The third-order valence-corrected chi connectivity index (χ3v) is 3.50. The van der Waals surface area contributed by atoms with Crippen molar-refractivity contribution in [3.8, 4) is 6.07 Å². The number of ether oxygens (including phenoxy) is 1. The summed E-state index contributed by atoms with van der Waals surface area (Å²) in [5.74, 6) is 0. The van der Waals surface area contributed by atoms with E-state index in [1.165, 1.54) is 12.1 Å². The van der Waals surface area contributed by atoms with Crippen LogP contribution in [0.3, 0.4) is 0 Å². The van der Waals surface area contributed by atoms with Crippen molar-refractivity contribution in [3.05, 3.63) is 33.9 Å². The van der Waals surface area contributed by atoms with E-state index >= 15 is 0 Å². The van der Waals surface area contributed by atoms with Crippen molar-refractivity contribution >= 4 is 11.4 Å². The predicted molar refractivity (Wildman–Crippen MR) is 74.7 cm³/mol. The molecule has 1 aromatic rings. The van der Waals surface area contributed by atoms with Gasteiger partial charge >= 0.3 is 0 Å². The highest BCUT2D eigenvalue weighted by Crippen LogP contribution is 2.27. The molecule has 0 aromatic heterocycles. The maximum Gasteiger partial charge on any atom is 0.270 e. The van der Waals surface area contributed by atoms with Gasteiger partial charge in [-0.25, -0.2) is 0 Å². The first-order chi connectivity index (χ1) is 9.65. The molecule has 1 saturated heterocycles. The lowest BCUT2D eigenvalue weighted by atomic mass is 10.0. The number of non-ortho nitro benzene ring substituents is 1. The molecule has 0 bridgehead atoms. The lowest BCUT2D eigenvalue weighted by molar-refractivity contribution is -0.384. The van der Waals surface area contributed by atoms with Gasteiger partial charge in [-0.15, -0.1) is 0 Å². The lowest BCUT2D eigenvalue weighted by Crippen LogP contribution is -2.37. The second kappa shape index (κ2) is 6.35. The van der Waals surface area contributed by atoms with Crippen LogP contribution in [0.1, 0.15) is 25.3 Å². The largest absolute Gasteiger partial charge is 0.378 e. The van der Waals surface area contributed by atoms with Crippen LogP contribution in [0.2, 0.25) is 0 Å². The quantitative estimate of drug-likeness (QED) is 0.623. The molecule has 0 N–H and O–H groups in total. The summed E-state index contributed by atoms with van der Waals surface area (Å²) in [6, 6.07) is 6.50. The Balaban J connectivity index is 2.14. The Morgan fingerprint density at radius 2 is 2.20 bits per heavy atom. The highest BCUT2D eigenvalue weighted by molar-refractivity contribution is 5.63. The lowest BCUT2D eigenvalue weighted by Gasteiger charge is -2.33. The van der Waals surface area contributed by atoms with Gasteiger partial charge in [0, 0.05) is 31.8 Å². The number of nitrogens with zero attached hydrogens (tertiary/aromatic N) is 3. The fraction of sp³-hybridized carbons (Fsp3) is 0.500. The van der Waals surface area contributed by atoms with E-state index in [-0.39, 0.29) is 11.8 Å². The molecule has 106 valence electrons. The zero-order valence-electron chi connectivity index (χ0n) is 11.4. The summed E-state index contributed by atoms with van der Waals surface area (Å²) in [5.41, 5.74) is 1.08. The van der Waals surface area contributed by atoms with Gasteiger partial charge in [0.05, 0.1) is 22.3 Å². The van der Waals surface area contributed by atoms with Crippen LogP contribution >= 0.6 is 0 Å². The number of piperidine rings is 1. The fourth-order valence-electron chi connectivity index (χ4n) is 2.50. The van der Waals surface area contributed by atoms with Gasteiger partial charge in [0.2, 0.25) is 0 Å². The molecule has 0 unspecified atom stereocenters. The van der Waals surface area contributed by atoms with Crippen molar-refractivity contribution in [2.45, 2.75) is 25.9 Å². The second-order valence-electron chi connectivity index (χ2n) is 4.71. The number of nitriles is 1. The summed E-state index contributed by atoms with van der Waals surface area (Å²) < 4.78 is 5.59. The molecule has 6 heteroatoms. The summed E-state index contributed by atoms with van der Waals surface area (Å²) >= 11 is 0. The third-order valence-electron chi connectivity index (χ3n) is 3.50. The van der Waals surface area contributed by atoms with Crippen LogP contribution in [0.25, 0.3) is 0 Å². The van der Waals surface area contributed by atoms with E-state index in [9.17, 15) is 10.1 Å². The average molecular weight is 275 g/mol. The molecule has 20 heavy (non-hydrogen) atoms. The van der Waals surface area contributed by atoms with Crippen molar-refractivity contribution in [2.75, 3.05) is 24.6 Å². The molecule has 1 aromatic carbocycles. The van der Waals surface area contributed by atoms with Gasteiger partial charge in [-0.1, -0.05) is 0 Å². The molecule has 1 aliphatic rings. The number of hydrogen-bond acceptors (Lipinski definition) is 5. The Kier molecular flexibility index (Phi) is 4.53. The van der Waals surface area contributed by atoms with E-state index < -0.39 is 4.92 Å². The minimum atomic E-state index is -0.480. The van der Waals surface area contributed by atoms with Crippen molar-refractivity contribution in [1.82, 2.24) is 0 Å². The van der Waals surface area contributed by atoms with Crippen molar-refractivity contribution < 1.29 is 9.66 Å². The van der Waals surface area contributed by atoms with Crippen LogP contribution in [0.15, 0.2) is 18.2 Å². The number of hydrogen-bond donors (Lipinski definition) is 0. The van der Waals surface area contributed by atoms with Crippen LogP contribution in [-0.4, -0.2) is 30.7 Å². The maximum absolute atomic E-state index is 10.7. The first-order valence-corrected chi connectivity index (χ1v) is 6.70. The van der Waals surface area contributed by atoms with Gasteiger partial charge in [-0.2, -0.15) is 5.26 Å². The van der Waals surface area contributed by atoms with E-state index in [1.807, 2.05) is 13.0 Å². The Hall–Kier alpha value is -2.13. The molecule has 1 aliphatic heterocycles. The molecular weight excluding hydrogens is 258 g/mol. The van der Waals surface area contributed by atoms with E-state index in [0.717, 1.165) is 31.6 Å². The Bertz CT molecular complexity index is 531. The van der Waals surface area contributed by atoms with Crippen LogP contribution in [0, 0.1) is 21.4 Å². The molecule has 2 rings (SSSR count). The smallest absolute Gasteiger partial charge is 0.270 e.